The van der Waals surface area contributed by atoms with Crippen LogP contribution in [-0.4, -0.2) is 42.6 Å². The lowest BCUT2D eigenvalue weighted by Gasteiger charge is -2.28. The van der Waals surface area contributed by atoms with E-state index in [1.807, 2.05) is 19.9 Å². The van der Waals surface area contributed by atoms with Gasteiger partial charge in [0.15, 0.2) is 5.69 Å². The normalized spacial score (nSPS) is 19.3. The Morgan fingerprint density at radius 1 is 1.16 bits per heavy atom. The molecule has 8 nitrogen and oxygen atoms in total. The summed E-state index contributed by atoms with van der Waals surface area (Å²) in [6.07, 6.45) is 1.78. The molecule has 4 rings (SSSR count). The zero-order valence-corrected chi connectivity index (χ0v) is 17.4. The van der Waals surface area contributed by atoms with Crippen LogP contribution < -0.4 is 10.6 Å². The minimum atomic E-state index is -2.81. The molecule has 0 aromatic carbocycles. The van der Waals surface area contributed by atoms with E-state index in [9.17, 15) is 18.7 Å². The van der Waals surface area contributed by atoms with Crippen molar-refractivity contribution in [1.29, 1.82) is 0 Å². The summed E-state index contributed by atoms with van der Waals surface area (Å²) in [5, 5.41) is 24.3. The summed E-state index contributed by atoms with van der Waals surface area (Å²) in [5.74, 6) is -0.0304. The standard InChI is InChI=1S/C21H26F2N6O2/c1-12(2)28-11-15(19(27-28)20(22)23)25-21(31)16-9-7-13-8-10-18(26-29(13)16)24-14-5-3-4-6-17(14)30/h7-12,14,17,20,30H,3-6H2,1-2H3,(H,24,26)(H,25,31)/t14-,17+/m1/s1. The second-order valence-corrected chi connectivity index (χ2v) is 8.13. The smallest absolute Gasteiger partial charge is 0.284 e. The van der Waals surface area contributed by atoms with Gasteiger partial charge in [-0.1, -0.05) is 12.8 Å². The molecule has 1 amide bonds. The third-order valence-corrected chi connectivity index (χ3v) is 5.54. The number of alkyl halides is 2. The number of fused-ring (bicyclic) bond motifs is 1. The molecule has 1 aliphatic carbocycles. The monoisotopic (exact) mass is 432 g/mol. The van der Waals surface area contributed by atoms with Gasteiger partial charge in [0.25, 0.3) is 12.3 Å². The van der Waals surface area contributed by atoms with Crippen LogP contribution >= 0.6 is 0 Å². The fourth-order valence-corrected chi connectivity index (χ4v) is 3.82. The molecule has 1 saturated carbocycles. The molecule has 3 aromatic rings. The molecule has 0 aliphatic heterocycles. The van der Waals surface area contributed by atoms with Gasteiger partial charge in [-0.25, -0.2) is 13.3 Å². The van der Waals surface area contributed by atoms with Crippen molar-refractivity contribution in [2.45, 2.75) is 64.1 Å². The number of hydrogen-bond acceptors (Lipinski definition) is 5. The van der Waals surface area contributed by atoms with Gasteiger partial charge in [-0.05, 0) is 51.0 Å². The highest BCUT2D eigenvalue weighted by atomic mass is 19.3. The van der Waals surface area contributed by atoms with Crippen molar-refractivity contribution < 1.29 is 18.7 Å². The van der Waals surface area contributed by atoms with Gasteiger partial charge in [0, 0.05) is 12.2 Å². The number of halogens is 2. The van der Waals surface area contributed by atoms with Crippen molar-refractivity contribution in [3.05, 3.63) is 41.9 Å². The third-order valence-electron chi connectivity index (χ3n) is 5.54. The first kappa shape index (κ1) is 21.2. The van der Waals surface area contributed by atoms with Crippen LogP contribution in [0.25, 0.3) is 5.52 Å². The van der Waals surface area contributed by atoms with Gasteiger partial charge >= 0.3 is 0 Å². The van der Waals surface area contributed by atoms with Gasteiger partial charge in [-0.15, -0.1) is 5.10 Å². The molecule has 31 heavy (non-hydrogen) atoms. The highest BCUT2D eigenvalue weighted by Crippen LogP contribution is 2.27. The van der Waals surface area contributed by atoms with E-state index in [2.05, 4.69) is 20.8 Å². The summed E-state index contributed by atoms with van der Waals surface area (Å²) in [6.45, 7) is 3.63. The van der Waals surface area contributed by atoms with E-state index in [1.54, 1.807) is 18.2 Å². The lowest BCUT2D eigenvalue weighted by molar-refractivity contribution is 0.101. The molecule has 10 heteroatoms. The van der Waals surface area contributed by atoms with E-state index in [0.29, 0.717) is 11.3 Å². The summed E-state index contributed by atoms with van der Waals surface area (Å²) < 4.78 is 29.6. The molecular weight excluding hydrogens is 406 g/mol. The topological polar surface area (TPSA) is 96.5 Å². The van der Waals surface area contributed by atoms with Crippen LogP contribution in [0.4, 0.5) is 20.3 Å². The van der Waals surface area contributed by atoms with Crippen molar-refractivity contribution in [2.75, 3.05) is 10.6 Å². The van der Waals surface area contributed by atoms with Gasteiger partial charge in [-0.3, -0.25) is 9.48 Å². The van der Waals surface area contributed by atoms with Crippen LogP contribution in [0, 0.1) is 0 Å². The Labute approximate surface area is 178 Å². The second-order valence-electron chi connectivity index (χ2n) is 8.13. The predicted molar refractivity (Wildman–Crippen MR) is 113 cm³/mol. The molecular formula is C21H26F2N6O2. The average Bonchev–Trinajstić information content (AvgIpc) is 3.34. The molecule has 0 spiro atoms. The minimum Gasteiger partial charge on any atom is -0.391 e. The maximum atomic E-state index is 13.4. The van der Waals surface area contributed by atoms with E-state index in [0.717, 1.165) is 25.7 Å². The molecule has 0 bridgehead atoms. The van der Waals surface area contributed by atoms with Crippen LogP contribution in [-0.2, 0) is 0 Å². The Bertz CT molecular complexity index is 1080. The number of aliphatic hydroxyl groups is 1. The van der Waals surface area contributed by atoms with Crippen molar-refractivity contribution in [3.8, 4) is 0 Å². The summed E-state index contributed by atoms with van der Waals surface area (Å²) in [4.78, 5) is 12.9. The van der Waals surface area contributed by atoms with Crippen molar-refractivity contribution in [3.63, 3.8) is 0 Å². The largest absolute Gasteiger partial charge is 0.391 e. The lowest BCUT2D eigenvalue weighted by atomic mass is 9.93. The van der Waals surface area contributed by atoms with Crippen molar-refractivity contribution in [2.24, 2.45) is 0 Å². The molecule has 3 aromatic heterocycles. The molecule has 0 saturated heterocycles. The second kappa shape index (κ2) is 8.62. The molecule has 0 unspecified atom stereocenters. The summed E-state index contributed by atoms with van der Waals surface area (Å²) >= 11 is 0. The van der Waals surface area contributed by atoms with Crippen LogP contribution in [0.1, 0.15) is 68.2 Å². The fourth-order valence-electron chi connectivity index (χ4n) is 3.82. The van der Waals surface area contributed by atoms with Crippen LogP contribution in [0.15, 0.2) is 30.5 Å². The van der Waals surface area contributed by atoms with Crippen LogP contribution in [0.3, 0.4) is 0 Å². The van der Waals surface area contributed by atoms with Crippen molar-refractivity contribution >= 4 is 22.9 Å². The maximum Gasteiger partial charge on any atom is 0.284 e. The van der Waals surface area contributed by atoms with Gasteiger partial charge in [0.05, 0.1) is 23.3 Å². The SMILES string of the molecule is CC(C)n1cc(NC(=O)c2ccc3ccc(N[C@@H]4CCCC[C@@H]4O)nn23)c(C(F)F)n1. The summed E-state index contributed by atoms with van der Waals surface area (Å²) in [5.41, 5.74) is 0.403. The number of hydrogen-bond donors (Lipinski definition) is 3. The molecule has 2 atom stereocenters. The summed E-state index contributed by atoms with van der Waals surface area (Å²) in [7, 11) is 0. The molecule has 1 aliphatic rings. The quantitative estimate of drug-likeness (QED) is 0.547. The highest BCUT2D eigenvalue weighted by Gasteiger charge is 2.24. The Morgan fingerprint density at radius 3 is 2.61 bits per heavy atom. The number of rotatable bonds is 6. The number of aliphatic hydroxyl groups excluding tert-OH is 1. The Hall–Kier alpha value is -3.01. The number of anilines is 2. The van der Waals surface area contributed by atoms with Gasteiger partial charge < -0.3 is 15.7 Å². The zero-order chi connectivity index (χ0) is 22.1. The van der Waals surface area contributed by atoms with Gasteiger partial charge in [-0.2, -0.15) is 5.10 Å². The number of nitrogens with one attached hydrogen (secondary N) is 2. The Kier molecular flexibility index (Phi) is 5.90. The number of amides is 1. The number of nitrogens with zero attached hydrogens (tertiary/aromatic N) is 4. The maximum absolute atomic E-state index is 13.4. The average molecular weight is 432 g/mol. The van der Waals surface area contributed by atoms with Crippen LogP contribution in [0.2, 0.25) is 0 Å². The van der Waals surface area contributed by atoms with E-state index in [1.165, 1.54) is 15.4 Å². The zero-order valence-electron chi connectivity index (χ0n) is 17.4. The molecule has 3 N–H and O–H groups in total. The number of aromatic nitrogens is 4. The first-order valence-corrected chi connectivity index (χ1v) is 10.5. The highest BCUT2D eigenvalue weighted by molar-refractivity contribution is 6.04. The lowest BCUT2D eigenvalue weighted by Crippen LogP contribution is -2.36. The number of carbonyl (C=O) groups excluding carboxylic acids is 1. The van der Waals surface area contributed by atoms with E-state index in [4.69, 9.17) is 0 Å². The molecule has 0 radical (unpaired) electrons. The first-order chi connectivity index (χ1) is 14.8. The fraction of sp³-hybridized carbons (Fsp3) is 0.476. The molecule has 166 valence electrons. The van der Waals surface area contributed by atoms with E-state index in [-0.39, 0.29) is 23.5 Å². The Morgan fingerprint density at radius 2 is 1.90 bits per heavy atom. The van der Waals surface area contributed by atoms with E-state index >= 15 is 0 Å². The molecule has 3 heterocycles. The number of carbonyl (C=O) groups is 1. The minimum absolute atomic E-state index is 0.0248. The van der Waals surface area contributed by atoms with E-state index < -0.39 is 24.1 Å². The summed E-state index contributed by atoms with van der Waals surface area (Å²) in [6, 6.07) is 6.70. The van der Waals surface area contributed by atoms with Gasteiger partial charge in [0.2, 0.25) is 0 Å². The van der Waals surface area contributed by atoms with Crippen LogP contribution in [0.5, 0.6) is 0 Å². The third kappa shape index (κ3) is 4.39. The van der Waals surface area contributed by atoms with Crippen molar-refractivity contribution in [1.82, 2.24) is 19.4 Å². The Balaban J connectivity index is 1.58. The predicted octanol–water partition coefficient (Wildman–Crippen LogP) is 4.02. The first-order valence-electron chi connectivity index (χ1n) is 10.5. The molecule has 1 fully saturated rings. The van der Waals surface area contributed by atoms with Gasteiger partial charge in [0.1, 0.15) is 11.5 Å².